The molecule has 0 saturated heterocycles. The number of nitrogens with one attached hydrogen (secondary N) is 3. The lowest BCUT2D eigenvalue weighted by molar-refractivity contribution is 0.0951. The number of carbonyl (C=O) groups is 1. The Balaban J connectivity index is 1.37. The molecule has 0 spiro atoms. The summed E-state index contributed by atoms with van der Waals surface area (Å²) in [6, 6.07) is 19.9. The predicted molar refractivity (Wildman–Crippen MR) is 118 cm³/mol. The van der Waals surface area contributed by atoms with Crippen LogP contribution in [-0.4, -0.2) is 24.6 Å². The van der Waals surface area contributed by atoms with Gasteiger partial charge in [-0.3, -0.25) is 4.79 Å². The van der Waals surface area contributed by atoms with Gasteiger partial charge in [0.15, 0.2) is 0 Å². The normalized spacial score (nSPS) is 17.7. The van der Waals surface area contributed by atoms with Crippen LogP contribution in [0, 0.1) is 0 Å². The third-order valence-corrected chi connectivity index (χ3v) is 5.79. The molecule has 4 rings (SSSR count). The van der Waals surface area contributed by atoms with Crippen LogP contribution in [0.2, 0.25) is 0 Å². The van der Waals surface area contributed by atoms with Gasteiger partial charge in [0, 0.05) is 23.5 Å². The molecule has 1 aromatic heterocycles. The SMILES string of the molecule is CC1(CNCc2ccccc2)COc2ccc(C(=O)NCc3cccs3)cc2N1. The molecule has 3 N–H and O–H groups in total. The molecule has 150 valence electrons. The molecule has 0 bridgehead atoms. The van der Waals surface area contributed by atoms with E-state index in [2.05, 4.69) is 35.0 Å². The lowest BCUT2D eigenvalue weighted by Gasteiger charge is -2.37. The van der Waals surface area contributed by atoms with E-state index in [9.17, 15) is 4.79 Å². The van der Waals surface area contributed by atoms with Crippen molar-refractivity contribution in [2.75, 3.05) is 18.5 Å². The maximum atomic E-state index is 12.5. The second-order valence-electron chi connectivity index (χ2n) is 7.54. The van der Waals surface area contributed by atoms with Gasteiger partial charge in [-0.05, 0) is 42.1 Å². The first-order valence-electron chi connectivity index (χ1n) is 9.72. The fraction of sp³-hybridized carbons (Fsp3) is 0.261. The molecule has 6 heteroatoms. The van der Waals surface area contributed by atoms with Gasteiger partial charge in [0.1, 0.15) is 12.4 Å². The zero-order valence-corrected chi connectivity index (χ0v) is 17.2. The fourth-order valence-corrected chi connectivity index (χ4v) is 3.99. The molecule has 1 aliphatic heterocycles. The van der Waals surface area contributed by atoms with Crippen molar-refractivity contribution in [1.82, 2.24) is 10.6 Å². The van der Waals surface area contributed by atoms with E-state index in [1.807, 2.05) is 47.8 Å². The molecule has 0 saturated carbocycles. The van der Waals surface area contributed by atoms with Crippen LogP contribution >= 0.6 is 11.3 Å². The zero-order valence-electron chi connectivity index (χ0n) is 16.4. The number of rotatable bonds is 7. The zero-order chi connectivity index (χ0) is 20.1. The first-order chi connectivity index (χ1) is 14.1. The van der Waals surface area contributed by atoms with E-state index in [1.54, 1.807) is 17.4 Å². The van der Waals surface area contributed by atoms with Crippen LogP contribution in [0.5, 0.6) is 5.75 Å². The van der Waals surface area contributed by atoms with Gasteiger partial charge in [-0.25, -0.2) is 0 Å². The highest BCUT2D eigenvalue weighted by molar-refractivity contribution is 7.09. The van der Waals surface area contributed by atoms with Crippen molar-refractivity contribution in [2.45, 2.75) is 25.6 Å². The van der Waals surface area contributed by atoms with Gasteiger partial charge in [-0.15, -0.1) is 11.3 Å². The van der Waals surface area contributed by atoms with Gasteiger partial charge in [0.05, 0.1) is 17.8 Å². The van der Waals surface area contributed by atoms with Crippen molar-refractivity contribution in [3.63, 3.8) is 0 Å². The van der Waals surface area contributed by atoms with Crippen LogP contribution < -0.4 is 20.7 Å². The van der Waals surface area contributed by atoms with Gasteiger partial charge in [-0.1, -0.05) is 36.4 Å². The number of fused-ring (bicyclic) bond motifs is 1. The molecule has 2 aromatic carbocycles. The molecule has 1 aliphatic rings. The quantitative estimate of drug-likeness (QED) is 0.553. The summed E-state index contributed by atoms with van der Waals surface area (Å²) in [6.45, 7) is 4.77. The minimum Gasteiger partial charge on any atom is -0.489 e. The maximum absolute atomic E-state index is 12.5. The highest BCUT2D eigenvalue weighted by Crippen LogP contribution is 2.33. The van der Waals surface area contributed by atoms with E-state index in [4.69, 9.17) is 4.74 Å². The Kier molecular flexibility index (Phi) is 5.83. The summed E-state index contributed by atoms with van der Waals surface area (Å²) in [5.74, 6) is 0.692. The molecule has 3 aromatic rings. The smallest absolute Gasteiger partial charge is 0.251 e. The number of carbonyl (C=O) groups excluding carboxylic acids is 1. The van der Waals surface area contributed by atoms with Crippen molar-refractivity contribution in [1.29, 1.82) is 0 Å². The van der Waals surface area contributed by atoms with Crippen molar-refractivity contribution in [2.24, 2.45) is 0 Å². The standard InChI is InChI=1S/C23H25N3O2S/c1-23(15-24-13-17-6-3-2-4-7-17)16-28-21-10-9-18(12-20(21)26-23)22(27)25-14-19-8-5-11-29-19/h2-12,24,26H,13-16H2,1H3,(H,25,27). The van der Waals surface area contributed by atoms with Crippen LogP contribution in [0.15, 0.2) is 66.0 Å². The van der Waals surface area contributed by atoms with Gasteiger partial charge in [-0.2, -0.15) is 0 Å². The maximum Gasteiger partial charge on any atom is 0.251 e. The molecule has 5 nitrogen and oxygen atoms in total. The Morgan fingerprint density at radius 2 is 2.00 bits per heavy atom. The number of hydrogen-bond donors (Lipinski definition) is 3. The van der Waals surface area contributed by atoms with E-state index in [-0.39, 0.29) is 11.4 Å². The van der Waals surface area contributed by atoms with E-state index < -0.39 is 0 Å². The highest BCUT2D eigenvalue weighted by Gasteiger charge is 2.30. The fourth-order valence-electron chi connectivity index (χ4n) is 3.35. The Hall–Kier alpha value is -2.83. The number of ether oxygens (including phenoxy) is 1. The molecule has 0 radical (unpaired) electrons. The van der Waals surface area contributed by atoms with Crippen molar-refractivity contribution in [3.05, 3.63) is 82.0 Å². The van der Waals surface area contributed by atoms with E-state index in [0.29, 0.717) is 18.7 Å². The lowest BCUT2D eigenvalue weighted by Crippen LogP contribution is -2.51. The lowest BCUT2D eigenvalue weighted by atomic mass is 10.00. The van der Waals surface area contributed by atoms with Crippen LogP contribution in [-0.2, 0) is 13.1 Å². The minimum absolute atomic E-state index is 0.0857. The van der Waals surface area contributed by atoms with Crippen LogP contribution in [0.1, 0.15) is 27.7 Å². The summed E-state index contributed by atoms with van der Waals surface area (Å²) in [7, 11) is 0. The number of thiophene rings is 1. The minimum atomic E-state index is -0.256. The topological polar surface area (TPSA) is 62.4 Å². The van der Waals surface area contributed by atoms with Gasteiger partial charge in [0.25, 0.3) is 5.91 Å². The molecule has 1 atom stereocenters. The first-order valence-corrected chi connectivity index (χ1v) is 10.6. The summed E-state index contributed by atoms with van der Waals surface area (Å²) in [6.07, 6.45) is 0. The first kappa shape index (κ1) is 19.5. The van der Waals surface area contributed by atoms with Crippen LogP contribution in [0.25, 0.3) is 0 Å². The number of amides is 1. The molecule has 1 amide bonds. The highest BCUT2D eigenvalue weighted by atomic mass is 32.1. The summed E-state index contributed by atoms with van der Waals surface area (Å²) in [5.41, 5.74) is 2.47. The number of hydrogen-bond acceptors (Lipinski definition) is 5. The third kappa shape index (κ3) is 4.96. The molecule has 29 heavy (non-hydrogen) atoms. The van der Waals surface area contributed by atoms with Gasteiger partial charge >= 0.3 is 0 Å². The average Bonchev–Trinajstić information content (AvgIpc) is 3.26. The Bertz CT molecular complexity index is 960. The second-order valence-corrected chi connectivity index (χ2v) is 8.57. The number of benzene rings is 2. The van der Waals surface area contributed by atoms with Gasteiger partial charge in [0.2, 0.25) is 0 Å². The van der Waals surface area contributed by atoms with Crippen molar-refractivity contribution in [3.8, 4) is 5.75 Å². The van der Waals surface area contributed by atoms with Crippen molar-refractivity contribution >= 4 is 22.9 Å². The summed E-state index contributed by atoms with van der Waals surface area (Å²) < 4.78 is 5.96. The second kappa shape index (κ2) is 8.68. The Labute approximate surface area is 175 Å². The molecule has 2 heterocycles. The summed E-state index contributed by atoms with van der Waals surface area (Å²) in [5, 5.41) is 12.0. The average molecular weight is 408 g/mol. The van der Waals surface area contributed by atoms with Gasteiger partial charge < -0.3 is 20.7 Å². The Morgan fingerprint density at radius 3 is 2.79 bits per heavy atom. The van der Waals surface area contributed by atoms with E-state index >= 15 is 0 Å². The number of anilines is 1. The van der Waals surface area contributed by atoms with Crippen molar-refractivity contribution < 1.29 is 9.53 Å². The molecule has 0 aliphatic carbocycles. The van der Waals surface area contributed by atoms with E-state index in [0.717, 1.165) is 29.4 Å². The molecule has 0 fully saturated rings. The third-order valence-electron chi connectivity index (χ3n) is 4.91. The predicted octanol–water partition coefficient (Wildman–Crippen LogP) is 4.03. The largest absolute Gasteiger partial charge is 0.489 e. The monoisotopic (exact) mass is 407 g/mol. The molecule has 1 unspecified atom stereocenters. The van der Waals surface area contributed by atoms with Crippen LogP contribution in [0.3, 0.4) is 0 Å². The Morgan fingerprint density at radius 1 is 1.14 bits per heavy atom. The summed E-state index contributed by atoms with van der Waals surface area (Å²) >= 11 is 1.63. The van der Waals surface area contributed by atoms with E-state index in [1.165, 1.54) is 5.56 Å². The molecular formula is C23H25N3O2S. The summed E-state index contributed by atoms with van der Waals surface area (Å²) in [4.78, 5) is 13.7. The molecular weight excluding hydrogens is 382 g/mol. The van der Waals surface area contributed by atoms with Crippen LogP contribution in [0.4, 0.5) is 5.69 Å².